The van der Waals surface area contributed by atoms with Gasteiger partial charge in [-0.15, -0.1) is 0 Å². The normalized spacial score (nSPS) is 11.1. The van der Waals surface area contributed by atoms with Crippen molar-refractivity contribution in [3.8, 4) is 0 Å². The Kier molecular flexibility index (Phi) is 2.78. The molecule has 96 valence electrons. The number of H-pyrrole nitrogens is 2. The molecule has 19 heavy (non-hydrogen) atoms. The minimum absolute atomic E-state index is 0.00741. The third-order valence-corrected chi connectivity index (χ3v) is 3.57. The Hall–Kier alpha value is -1.88. The number of hydrogen-bond acceptors (Lipinski definition) is 2. The van der Waals surface area contributed by atoms with Crippen LogP contribution in [0.2, 0.25) is 0 Å². The highest BCUT2D eigenvalue weighted by Gasteiger charge is 2.18. The number of pyridine rings is 1. The van der Waals surface area contributed by atoms with Gasteiger partial charge in [-0.05, 0) is 41.9 Å². The summed E-state index contributed by atoms with van der Waals surface area (Å²) in [7, 11) is 0. The van der Waals surface area contributed by atoms with Crippen molar-refractivity contribution >= 4 is 32.7 Å². The highest BCUT2D eigenvalue weighted by molar-refractivity contribution is 9.10. The number of aryl methyl sites for hydroxylation is 2. The van der Waals surface area contributed by atoms with Gasteiger partial charge >= 0.3 is 0 Å². The first-order valence-corrected chi connectivity index (χ1v) is 6.69. The maximum absolute atomic E-state index is 12.6. The van der Waals surface area contributed by atoms with Crippen LogP contribution in [0.3, 0.4) is 0 Å². The molecule has 0 atom stereocenters. The van der Waals surface area contributed by atoms with E-state index in [1.54, 1.807) is 12.4 Å². The first-order valence-electron chi connectivity index (χ1n) is 5.90. The number of carbonyl (C=O) groups is 1. The molecule has 5 heteroatoms. The topological polar surface area (TPSA) is 61.5 Å². The van der Waals surface area contributed by atoms with Crippen molar-refractivity contribution in [3.05, 3.63) is 51.5 Å². The van der Waals surface area contributed by atoms with Crippen molar-refractivity contribution in [3.63, 3.8) is 0 Å². The number of hydrogen-bond donors (Lipinski definition) is 2. The Labute approximate surface area is 118 Å². The molecule has 0 aliphatic rings. The molecule has 0 aliphatic carbocycles. The molecule has 0 unspecified atom stereocenters. The number of fused-ring (bicyclic) bond motifs is 1. The van der Waals surface area contributed by atoms with Gasteiger partial charge in [-0.25, -0.2) is 4.98 Å². The highest BCUT2D eigenvalue weighted by Crippen LogP contribution is 2.24. The van der Waals surface area contributed by atoms with Gasteiger partial charge in [0.1, 0.15) is 5.65 Å². The zero-order valence-electron chi connectivity index (χ0n) is 10.5. The molecule has 0 saturated heterocycles. The maximum atomic E-state index is 12.6. The number of carbonyl (C=O) groups excluding carboxylic acids is 1. The van der Waals surface area contributed by atoms with Crippen LogP contribution >= 0.6 is 15.9 Å². The lowest BCUT2D eigenvalue weighted by atomic mass is 10.0. The Morgan fingerprint density at radius 3 is 2.74 bits per heavy atom. The number of aromatic nitrogens is 3. The Morgan fingerprint density at radius 2 is 2.05 bits per heavy atom. The van der Waals surface area contributed by atoms with Crippen LogP contribution < -0.4 is 0 Å². The number of ketones is 1. The SMILES string of the molecule is Cc1cc(C(=O)c2c[nH]c3ncc(Br)cc23)c(C)[nH]1. The predicted octanol–water partition coefficient (Wildman–Crippen LogP) is 3.50. The molecular weight excluding hydrogens is 306 g/mol. The minimum Gasteiger partial charge on any atom is -0.362 e. The molecule has 3 aromatic rings. The van der Waals surface area contributed by atoms with E-state index in [1.165, 1.54) is 0 Å². The zero-order chi connectivity index (χ0) is 13.6. The van der Waals surface area contributed by atoms with E-state index >= 15 is 0 Å². The lowest BCUT2D eigenvalue weighted by Gasteiger charge is -1.98. The van der Waals surface area contributed by atoms with Gasteiger partial charge in [-0.1, -0.05) is 0 Å². The summed E-state index contributed by atoms with van der Waals surface area (Å²) in [5, 5.41) is 0.831. The van der Waals surface area contributed by atoms with Crippen LogP contribution in [0.1, 0.15) is 27.3 Å². The van der Waals surface area contributed by atoms with E-state index in [-0.39, 0.29) is 5.78 Å². The molecule has 0 aliphatic heterocycles. The van der Waals surface area contributed by atoms with Gasteiger partial charge in [-0.3, -0.25) is 4.79 Å². The number of nitrogens with one attached hydrogen (secondary N) is 2. The quantitative estimate of drug-likeness (QED) is 0.710. The summed E-state index contributed by atoms with van der Waals surface area (Å²) in [5.41, 5.74) is 3.94. The largest absolute Gasteiger partial charge is 0.362 e. The summed E-state index contributed by atoms with van der Waals surface area (Å²) >= 11 is 3.38. The zero-order valence-corrected chi connectivity index (χ0v) is 12.1. The van der Waals surface area contributed by atoms with Crippen LogP contribution in [0.5, 0.6) is 0 Å². The molecule has 0 saturated carbocycles. The fourth-order valence-electron chi connectivity index (χ4n) is 2.27. The molecule has 4 nitrogen and oxygen atoms in total. The Morgan fingerprint density at radius 1 is 1.26 bits per heavy atom. The van der Waals surface area contributed by atoms with E-state index in [4.69, 9.17) is 0 Å². The molecule has 3 heterocycles. The Bertz CT molecular complexity index is 785. The number of halogens is 1. The van der Waals surface area contributed by atoms with Gasteiger partial charge in [0.2, 0.25) is 0 Å². The van der Waals surface area contributed by atoms with Crippen LogP contribution in [0.15, 0.2) is 29.0 Å². The monoisotopic (exact) mass is 317 g/mol. The second-order valence-electron chi connectivity index (χ2n) is 4.57. The van der Waals surface area contributed by atoms with Crippen molar-refractivity contribution in [2.45, 2.75) is 13.8 Å². The van der Waals surface area contributed by atoms with E-state index in [0.717, 1.165) is 26.9 Å². The van der Waals surface area contributed by atoms with E-state index in [9.17, 15) is 4.79 Å². The average molecular weight is 318 g/mol. The predicted molar refractivity (Wildman–Crippen MR) is 77.5 cm³/mol. The van der Waals surface area contributed by atoms with Crippen LogP contribution in [-0.4, -0.2) is 20.7 Å². The van der Waals surface area contributed by atoms with Crippen molar-refractivity contribution in [1.82, 2.24) is 15.0 Å². The fraction of sp³-hybridized carbons (Fsp3) is 0.143. The van der Waals surface area contributed by atoms with E-state index in [2.05, 4.69) is 30.9 Å². The molecular formula is C14H12BrN3O. The van der Waals surface area contributed by atoms with Crippen LogP contribution in [0, 0.1) is 13.8 Å². The van der Waals surface area contributed by atoms with Crippen molar-refractivity contribution in [2.24, 2.45) is 0 Å². The second-order valence-corrected chi connectivity index (χ2v) is 5.49. The van der Waals surface area contributed by atoms with E-state index < -0.39 is 0 Å². The summed E-state index contributed by atoms with van der Waals surface area (Å²) in [4.78, 5) is 23.0. The summed E-state index contributed by atoms with van der Waals surface area (Å²) in [6.07, 6.45) is 3.42. The van der Waals surface area contributed by atoms with Crippen molar-refractivity contribution in [1.29, 1.82) is 0 Å². The van der Waals surface area contributed by atoms with E-state index in [0.29, 0.717) is 11.1 Å². The molecule has 3 rings (SSSR count). The molecule has 0 spiro atoms. The van der Waals surface area contributed by atoms with Gasteiger partial charge in [0.15, 0.2) is 5.78 Å². The standard InChI is InChI=1S/C14H12BrN3O/c1-7-3-10(8(2)18-7)13(19)12-6-17-14-11(12)4-9(15)5-16-14/h3-6,18H,1-2H3,(H,16,17). The van der Waals surface area contributed by atoms with Gasteiger partial charge in [-0.2, -0.15) is 0 Å². The third kappa shape index (κ3) is 2.00. The number of aromatic amines is 2. The van der Waals surface area contributed by atoms with Crippen LogP contribution in [0.25, 0.3) is 11.0 Å². The average Bonchev–Trinajstić information content (AvgIpc) is 2.91. The molecule has 3 aromatic heterocycles. The van der Waals surface area contributed by atoms with Gasteiger partial charge in [0.25, 0.3) is 0 Å². The molecule has 0 amide bonds. The smallest absolute Gasteiger partial charge is 0.197 e. The van der Waals surface area contributed by atoms with Gasteiger partial charge in [0, 0.05) is 44.8 Å². The van der Waals surface area contributed by atoms with Crippen molar-refractivity contribution in [2.75, 3.05) is 0 Å². The molecule has 0 fully saturated rings. The van der Waals surface area contributed by atoms with Gasteiger partial charge in [0.05, 0.1) is 0 Å². The first-order chi connectivity index (χ1) is 9.06. The minimum atomic E-state index is 0.00741. The second kappa shape index (κ2) is 4.35. The lowest BCUT2D eigenvalue weighted by Crippen LogP contribution is -2.00. The van der Waals surface area contributed by atoms with Crippen LogP contribution in [0.4, 0.5) is 0 Å². The summed E-state index contributed by atoms with van der Waals surface area (Å²) < 4.78 is 0.857. The number of rotatable bonds is 2. The summed E-state index contributed by atoms with van der Waals surface area (Å²) in [6.45, 7) is 3.85. The highest BCUT2D eigenvalue weighted by atomic mass is 79.9. The fourth-order valence-corrected chi connectivity index (χ4v) is 2.60. The van der Waals surface area contributed by atoms with E-state index in [1.807, 2.05) is 26.0 Å². The summed E-state index contributed by atoms with van der Waals surface area (Å²) in [5.74, 6) is 0.00741. The molecule has 2 N–H and O–H groups in total. The lowest BCUT2D eigenvalue weighted by molar-refractivity contribution is 0.104. The van der Waals surface area contributed by atoms with Crippen LogP contribution in [-0.2, 0) is 0 Å². The maximum Gasteiger partial charge on any atom is 0.197 e. The van der Waals surface area contributed by atoms with Crippen molar-refractivity contribution < 1.29 is 4.79 Å². The third-order valence-electron chi connectivity index (χ3n) is 3.14. The van der Waals surface area contributed by atoms with Gasteiger partial charge < -0.3 is 9.97 Å². The molecule has 0 bridgehead atoms. The first kappa shape index (κ1) is 12.2. The molecule has 0 aromatic carbocycles. The Balaban J connectivity index is 2.16. The number of nitrogens with zero attached hydrogens (tertiary/aromatic N) is 1. The summed E-state index contributed by atoms with van der Waals surface area (Å²) in [6, 6.07) is 3.78. The molecule has 0 radical (unpaired) electrons.